The van der Waals surface area contributed by atoms with Gasteiger partial charge in [-0.25, -0.2) is 4.98 Å². The maximum absolute atomic E-state index is 11.7. The fraction of sp³-hybridized carbons (Fsp3) is 0.143. The minimum absolute atomic E-state index is 0.0783. The number of rotatable bonds is 1. The summed E-state index contributed by atoms with van der Waals surface area (Å²) in [7, 11) is 1.63. The lowest BCUT2D eigenvalue weighted by Gasteiger charge is -2.01. The van der Waals surface area contributed by atoms with Crippen molar-refractivity contribution in [3.05, 3.63) is 27.5 Å². The monoisotopic (exact) mass is 270 g/mol. The molecule has 0 saturated carbocycles. The summed E-state index contributed by atoms with van der Waals surface area (Å²) >= 11 is 3.13. The van der Waals surface area contributed by atoms with Crippen LogP contribution >= 0.6 is 15.9 Å². The quantitative estimate of drug-likeness (QED) is 0.769. The van der Waals surface area contributed by atoms with Crippen LogP contribution in [0.2, 0.25) is 0 Å². The molecule has 0 spiro atoms. The summed E-state index contributed by atoms with van der Waals surface area (Å²) < 4.78 is 2.99. The van der Waals surface area contributed by atoms with E-state index in [4.69, 9.17) is 5.73 Å². The summed E-state index contributed by atoms with van der Waals surface area (Å²) in [5, 5.41) is 3.84. The molecule has 78 valence electrons. The zero-order chi connectivity index (χ0) is 11.0. The van der Waals surface area contributed by atoms with Crippen LogP contribution in [-0.4, -0.2) is 24.3 Å². The number of halogens is 1. The molecule has 0 aliphatic carbocycles. The summed E-state index contributed by atoms with van der Waals surface area (Å²) in [5.41, 5.74) is 5.12. The van der Waals surface area contributed by atoms with E-state index in [1.165, 1.54) is 15.4 Å². The van der Waals surface area contributed by atoms with Crippen molar-refractivity contribution in [2.75, 3.05) is 5.73 Å². The van der Waals surface area contributed by atoms with Gasteiger partial charge in [-0.05, 0) is 15.9 Å². The zero-order valence-electron chi connectivity index (χ0n) is 7.75. The van der Waals surface area contributed by atoms with Crippen molar-refractivity contribution in [1.29, 1.82) is 0 Å². The number of hydrogen-bond acceptors (Lipinski definition) is 5. The number of hydrogen-bond donors (Lipinski definition) is 1. The van der Waals surface area contributed by atoms with Gasteiger partial charge < -0.3 is 10.3 Å². The predicted molar refractivity (Wildman–Crippen MR) is 56.5 cm³/mol. The third-order valence-electron chi connectivity index (χ3n) is 1.78. The number of nitrogens with zero attached hydrogens (tertiary/aromatic N) is 5. The van der Waals surface area contributed by atoms with Crippen molar-refractivity contribution in [1.82, 2.24) is 24.3 Å². The van der Waals surface area contributed by atoms with Crippen LogP contribution < -0.4 is 11.3 Å². The lowest BCUT2D eigenvalue weighted by atomic mass is 10.6. The SMILES string of the molecule is Cn1ccnc(-n2nc(N)nc2Br)c1=O. The molecule has 0 saturated heterocycles. The third-order valence-corrected chi connectivity index (χ3v) is 2.30. The van der Waals surface area contributed by atoms with Gasteiger partial charge in [-0.2, -0.15) is 9.67 Å². The van der Waals surface area contributed by atoms with Gasteiger partial charge in [-0.15, -0.1) is 5.10 Å². The first-order valence-corrected chi connectivity index (χ1v) is 4.79. The minimum atomic E-state index is -0.275. The molecule has 7 nitrogen and oxygen atoms in total. The van der Waals surface area contributed by atoms with Crippen LogP contribution in [0.4, 0.5) is 5.95 Å². The van der Waals surface area contributed by atoms with Crippen LogP contribution in [0.15, 0.2) is 21.9 Å². The Morgan fingerprint density at radius 2 is 2.27 bits per heavy atom. The van der Waals surface area contributed by atoms with Gasteiger partial charge in [0, 0.05) is 19.4 Å². The van der Waals surface area contributed by atoms with Crippen LogP contribution in [0.25, 0.3) is 5.82 Å². The average Bonchev–Trinajstić information content (AvgIpc) is 2.50. The van der Waals surface area contributed by atoms with Crippen LogP contribution in [0.3, 0.4) is 0 Å². The van der Waals surface area contributed by atoms with Crippen molar-refractivity contribution < 1.29 is 0 Å². The van der Waals surface area contributed by atoms with E-state index in [1.54, 1.807) is 13.2 Å². The Labute approximate surface area is 92.7 Å². The smallest absolute Gasteiger partial charge is 0.295 e. The van der Waals surface area contributed by atoms with Crippen LogP contribution in [0.5, 0.6) is 0 Å². The van der Waals surface area contributed by atoms with E-state index in [9.17, 15) is 4.79 Å². The Morgan fingerprint density at radius 3 is 2.87 bits per heavy atom. The van der Waals surface area contributed by atoms with Gasteiger partial charge >= 0.3 is 0 Å². The summed E-state index contributed by atoms with van der Waals surface area (Å²) in [6.07, 6.45) is 3.06. The highest BCUT2D eigenvalue weighted by atomic mass is 79.9. The van der Waals surface area contributed by atoms with E-state index < -0.39 is 0 Å². The van der Waals surface area contributed by atoms with Gasteiger partial charge in [-0.1, -0.05) is 0 Å². The van der Waals surface area contributed by atoms with Crippen LogP contribution in [0, 0.1) is 0 Å². The summed E-state index contributed by atoms with van der Waals surface area (Å²) in [5.74, 6) is 0.227. The Bertz CT molecular complexity index is 559. The van der Waals surface area contributed by atoms with E-state index >= 15 is 0 Å². The molecule has 0 atom stereocenters. The van der Waals surface area contributed by atoms with Crippen LogP contribution in [0.1, 0.15) is 0 Å². The van der Waals surface area contributed by atoms with Crippen molar-refractivity contribution in [3.8, 4) is 5.82 Å². The molecular formula is C7H7BrN6O. The number of aryl methyl sites for hydroxylation is 1. The van der Waals surface area contributed by atoms with Crippen LogP contribution in [-0.2, 0) is 7.05 Å². The fourth-order valence-electron chi connectivity index (χ4n) is 1.07. The topological polar surface area (TPSA) is 91.6 Å². The largest absolute Gasteiger partial charge is 0.366 e. The first-order chi connectivity index (χ1) is 7.09. The van der Waals surface area contributed by atoms with E-state index in [1.807, 2.05) is 0 Å². The molecule has 8 heteroatoms. The standard InChI is InChI=1S/C7H7BrN6O/c1-13-3-2-10-4(5(13)15)14-6(8)11-7(9)12-14/h2-3H,1H3,(H2,9,12). The molecule has 0 aliphatic rings. The zero-order valence-corrected chi connectivity index (χ0v) is 9.34. The molecule has 0 unspecified atom stereocenters. The van der Waals surface area contributed by atoms with Crippen molar-refractivity contribution in [2.45, 2.75) is 0 Å². The Morgan fingerprint density at radius 1 is 1.53 bits per heavy atom. The Balaban J connectivity index is 2.69. The molecule has 0 aromatic carbocycles. The van der Waals surface area contributed by atoms with Gasteiger partial charge in [0.25, 0.3) is 5.56 Å². The Hall–Kier alpha value is -1.70. The van der Waals surface area contributed by atoms with Gasteiger partial charge in [-0.3, -0.25) is 4.79 Å². The lowest BCUT2D eigenvalue weighted by Crippen LogP contribution is -2.23. The third kappa shape index (κ3) is 1.63. The maximum Gasteiger partial charge on any atom is 0.295 e. The van der Waals surface area contributed by atoms with Crippen molar-refractivity contribution >= 4 is 21.9 Å². The molecule has 0 aliphatic heterocycles. The summed E-state index contributed by atoms with van der Waals surface area (Å²) in [4.78, 5) is 19.4. The molecule has 0 amide bonds. The second-order valence-electron chi connectivity index (χ2n) is 2.82. The highest BCUT2D eigenvalue weighted by Crippen LogP contribution is 2.10. The van der Waals surface area contributed by atoms with Gasteiger partial charge in [0.15, 0.2) is 0 Å². The molecule has 2 heterocycles. The fourth-order valence-corrected chi connectivity index (χ4v) is 1.50. The Kier molecular flexibility index (Phi) is 2.27. The van der Waals surface area contributed by atoms with Gasteiger partial charge in [0.1, 0.15) is 0 Å². The highest BCUT2D eigenvalue weighted by molar-refractivity contribution is 9.10. The molecule has 15 heavy (non-hydrogen) atoms. The summed E-state index contributed by atoms with van der Waals surface area (Å²) in [6, 6.07) is 0. The van der Waals surface area contributed by atoms with Gasteiger partial charge in [0.05, 0.1) is 0 Å². The second kappa shape index (κ2) is 3.46. The molecule has 0 bridgehead atoms. The number of aromatic nitrogens is 5. The van der Waals surface area contributed by atoms with E-state index in [0.717, 1.165) is 0 Å². The molecular weight excluding hydrogens is 264 g/mol. The second-order valence-corrected chi connectivity index (χ2v) is 3.53. The van der Waals surface area contributed by atoms with E-state index in [-0.39, 0.29) is 17.3 Å². The maximum atomic E-state index is 11.7. The minimum Gasteiger partial charge on any atom is -0.366 e. The highest BCUT2D eigenvalue weighted by Gasteiger charge is 2.12. The van der Waals surface area contributed by atoms with Crippen molar-refractivity contribution in [2.24, 2.45) is 7.05 Å². The van der Waals surface area contributed by atoms with Crippen molar-refractivity contribution in [3.63, 3.8) is 0 Å². The van der Waals surface area contributed by atoms with Gasteiger partial charge in [0.2, 0.25) is 16.5 Å². The first-order valence-electron chi connectivity index (χ1n) is 3.99. The molecule has 2 N–H and O–H groups in total. The van der Waals surface area contributed by atoms with E-state index in [2.05, 4.69) is 31.0 Å². The van der Waals surface area contributed by atoms with E-state index in [0.29, 0.717) is 4.73 Å². The molecule has 0 fully saturated rings. The molecule has 0 radical (unpaired) electrons. The summed E-state index contributed by atoms with van der Waals surface area (Å²) in [6.45, 7) is 0. The molecule has 2 aromatic heterocycles. The number of nitrogen functional groups attached to an aromatic ring is 1. The number of nitrogens with two attached hydrogens (primary N) is 1. The molecule has 2 aromatic rings. The lowest BCUT2D eigenvalue weighted by molar-refractivity contribution is 0.757. The average molecular weight is 271 g/mol. The predicted octanol–water partition coefficient (Wildman–Crippen LogP) is -0.294. The number of anilines is 1. The molecule has 2 rings (SSSR count). The first kappa shape index (κ1) is 9.84. The normalized spacial score (nSPS) is 10.5.